The maximum atomic E-state index is 10.3. The van der Waals surface area contributed by atoms with Gasteiger partial charge in [-0.25, -0.2) is 9.78 Å². The molecule has 0 N–H and O–H groups in total. The average molecular weight is 246 g/mol. The highest BCUT2D eigenvalue weighted by Gasteiger charge is 2.18. The maximum Gasteiger partial charge on any atom is 0.334 e. The largest absolute Gasteiger partial charge is 0.334 e. The van der Waals surface area contributed by atoms with Gasteiger partial charge >= 0.3 is 12.2 Å². The molecule has 0 radical (unpaired) electrons. The fraction of sp³-hybridized carbons (Fsp3) is 0.800. The first kappa shape index (κ1) is 17.8. The van der Waals surface area contributed by atoms with Gasteiger partial charge in [-0.05, 0) is 41.5 Å². The molecule has 0 amide bonds. The molecule has 0 bridgehead atoms. The minimum absolute atomic E-state index is 0.215. The third kappa shape index (κ3) is 19.0. The van der Waals surface area contributed by atoms with Crippen molar-refractivity contribution < 1.29 is 27.3 Å². The summed E-state index contributed by atoms with van der Waals surface area (Å²) in [6, 6.07) is 0. The van der Waals surface area contributed by atoms with Crippen LogP contribution in [0.25, 0.3) is 0 Å². The van der Waals surface area contributed by atoms with Crippen LogP contribution in [0.15, 0.2) is 12.2 Å². The fourth-order valence-electron chi connectivity index (χ4n) is 0.250. The van der Waals surface area contributed by atoms with Gasteiger partial charge in [0.25, 0.3) is 0 Å². The Bertz CT molecular complexity index is 194. The highest BCUT2D eigenvalue weighted by Crippen LogP contribution is 2.14. The van der Waals surface area contributed by atoms with Crippen LogP contribution in [-0.2, 0) is 9.78 Å². The van der Waals surface area contributed by atoms with Crippen LogP contribution < -0.4 is 0 Å². The topological polar surface area (TPSA) is 18.5 Å². The Hall–Kier alpha value is -0.620. The minimum Gasteiger partial charge on any atom is -0.230 e. The molecule has 0 unspecified atom stereocenters. The first-order valence-corrected chi connectivity index (χ1v) is 4.58. The normalized spacial score (nSPS) is 11.6. The first-order valence-electron chi connectivity index (χ1n) is 4.58. The molecule has 0 spiro atoms. The SMILES string of the molecule is CC(C)(C)OOC(C)(C)C.FC(F)=C(F)F. The third-order valence-electron chi connectivity index (χ3n) is 0.685. The van der Waals surface area contributed by atoms with E-state index in [1.807, 2.05) is 41.5 Å². The maximum absolute atomic E-state index is 10.3. The summed E-state index contributed by atoms with van der Waals surface area (Å²) in [5.74, 6) is 0. The van der Waals surface area contributed by atoms with Gasteiger partial charge in [-0.2, -0.15) is 17.6 Å². The van der Waals surface area contributed by atoms with E-state index in [0.29, 0.717) is 0 Å². The van der Waals surface area contributed by atoms with Crippen molar-refractivity contribution in [2.24, 2.45) is 0 Å². The van der Waals surface area contributed by atoms with Gasteiger partial charge in [-0.15, -0.1) is 0 Å². The lowest BCUT2D eigenvalue weighted by Crippen LogP contribution is -2.27. The predicted molar refractivity (Wildman–Crippen MR) is 53.1 cm³/mol. The van der Waals surface area contributed by atoms with Crippen molar-refractivity contribution in [3.63, 3.8) is 0 Å². The molecule has 16 heavy (non-hydrogen) atoms. The quantitative estimate of drug-likeness (QED) is 0.384. The third-order valence-corrected chi connectivity index (χ3v) is 0.685. The molecule has 0 saturated carbocycles. The molecular weight excluding hydrogens is 228 g/mol. The van der Waals surface area contributed by atoms with E-state index in [2.05, 4.69) is 0 Å². The van der Waals surface area contributed by atoms with Crippen molar-refractivity contribution in [3.05, 3.63) is 12.2 Å². The Balaban J connectivity index is 0. The minimum atomic E-state index is -2.91. The van der Waals surface area contributed by atoms with Crippen molar-refractivity contribution in [1.82, 2.24) is 0 Å². The second-order valence-electron chi connectivity index (χ2n) is 4.91. The second-order valence-corrected chi connectivity index (χ2v) is 4.91. The average Bonchev–Trinajstić information content (AvgIpc) is 1.99. The molecule has 0 aliphatic carbocycles. The Morgan fingerprint density at radius 1 is 0.625 bits per heavy atom. The Morgan fingerprint density at radius 3 is 0.875 bits per heavy atom. The van der Waals surface area contributed by atoms with Gasteiger partial charge < -0.3 is 0 Å². The summed E-state index contributed by atoms with van der Waals surface area (Å²) in [7, 11) is 0. The molecule has 0 aliphatic heterocycles. The van der Waals surface area contributed by atoms with E-state index in [1.165, 1.54) is 0 Å². The first-order chi connectivity index (χ1) is 6.85. The molecule has 0 heterocycles. The van der Waals surface area contributed by atoms with Gasteiger partial charge in [-0.3, -0.25) is 0 Å². The van der Waals surface area contributed by atoms with Crippen LogP contribution in [0.3, 0.4) is 0 Å². The summed E-state index contributed by atoms with van der Waals surface area (Å²) < 4.78 is 41.1. The number of rotatable bonds is 1. The van der Waals surface area contributed by atoms with Crippen molar-refractivity contribution >= 4 is 0 Å². The molecule has 0 atom stereocenters. The molecule has 0 aliphatic rings. The van der Waals surface area contributed by atoms with E-state index in [4.69, 9.17) is 9.78 Å². The zero-order valence-corrected chi connectivity index (χ0v) is 10.3. The second kappa shape index (κ2) is 6.85. The summed E-state index contributed by atoms with van der Waals surface area (Å²) in [6.45, 7) is 11.7. The van der Waals surface area contributed by atoms with Crippen LogP contribution in [0.4, 0.5) is 17.6 Å². The monoisotopic (exact) mass is 246 g/mol. The molecule has 0 saturated heterocycles. The van der Waals surface area contributed by atoms with Crippen LogP contribution in [0.5, 0.6) is 0 Å². The Kier molecular flexibility index (Phi) is 7.61. The predicted octanol–water partition coefficient (Wildman–Crippen LogP) is 4.52. The van der Waals surface area contributed by atoms with Crippen LogP contribution in [0.1, 0.15) is 41.5 Å². The molecule has 0 aromatic rings. The highest BCUT2D eigenvalue weighted by atomic mass is 19.3. The van der Waals surface area contributed by atoms with Gasteiger partial charge in [0.05, 0.1) is 11.2 Å². The molecule has 0 fully saturated rings. The summed E-state index contributed by atoms with van der Waals surface area (Å²) in [5, 5.41) is 0. The lowest BCUT2D eigenvalue weighted by atomic mass is 10.2. The molecule has 0 aromatic carbocycles. The van der Waals surface area contributed by atoms with Gasteiger partial charge in [0.2, 0.25) is 0 Å². The van der Waals surface area contributed by atoms with Gasteiger partial charge in [-0.1, -0.05) is 0 Å². The lowest BCUT2D eigenvalue weighted by molar-refractivity contribution is -0.393. The number of hydrogen-bond donors (Lipinski definition) is 0. The molecular formula is C10H18F4O2. The summed E-state index contributed by atoms with van der Waals surface area (Å²) in [6.07, 6.45) is -5.81. The van der Waals surface area contributed by atoms with Crippen molar-refractivity contribution in [2.75, 3.05) is 0 Å². The highest BCUT2D eigenvalue weighted by molar-refractivity contribution is 4.77. The van der Waals surface area contributed by atoms with Gasteiger partial charge in [0, 0.05) is 0 Å². The molecule has 0 aromatic heterocycles. The van der Waals surface area contributed by atoms with Crippen LogP contribution in [0.2, 0.25) is 0 Å². The number of hydrogen-bond acceptors (Lipinski definition) is 2. The van der Waals surface area contributed by atoms with E-state index in [1.54, 1.807) is 0 Å². The van der Waals surface area contributed by atoms with E-state index in [9.17, 15) is 17.6 Å². The van der Waals surface area contributed by atoms with E-state index >= 15 is 0 Å². The Morgan fingerprint density at radius 2 is 0.812 bits per heavy atom. The smallest absolute Gasteiger partial charge is 0.230 e. The van der Waals surface area contributed by atoms with E-state index < -0.39 is 12.2 Å². The van der Waals surface area contributed by atoms with Crippen molar-refractivity contribution in [3.8, 4) is 0 Å². The number of halogens is 4. The van der Waals surface area contributed by atoms with Gasteiger partial charge in [0.1, 0.15) is 0 Å². The van der Waals surface area contributed by atoms with Gasteiger partial charge in [0.15, 0.2) is 0 Å². The standard InChI is InChI=1S/C8H18O2.C2F4/c1-7(2,3)9-10-8(4,5)6;3-1(4)2(5)6/h1-6H3;. The van der Waals surface area contributed by atoms with Crippen LogP contribution in [0, 0.1) is 0 Å². The summed E-state index contributed by atoms with van der Waals surface area (Å²) >= 11 is 0. The molecule has 98 valence electrons. The zero-order chi connectivity index (χ0) is 13.6. The summed E-state index contributed by atoms with van der Waals surface area (Å²) in [4.78, 5) is 10.2. The Labute approximate surface area is 93.2 Å². The van der Waals surface area contributed by atoms with Crippen molar-refractivity contribution in [1.29, 1.82) is 0 Å². The molecule has 0 rings (SSSR count). The lowest BCUT2D eigenvalue weighted by Gasteiger charge is -2.24. The summed E-state index contributed by atoms with van der Waals surface area (Å²) in [5.41, 5.74) is -0.430. The van der Waals surface area contributed by atoms with Crippen LogP contribution >= 0.6 is 0 Å². The zero-order valence-electron chi connectivity index (χ0n) is 10.3. The molecule has 6 heteroatoms. The van der Waals surface area contributed by atoms with Crippen LogP contribution in [-0.4, -0.2) is 11.2 Å². The molecule has 2 nitrogen and oxygen atoms in total. The van der Waals surface area contributed by atoms with E-state index in [0.717, 1.165) is 0 Å². The van der Waals surface area contributed by atoms with E-state index in [-0.39, 0.29) is 11.2 Å². The fourth-order valence-corrected chi connectivity index (χ4v) is 0.250. The van der Waals surface area contributed by atoms with Crippen molar-refractivity contribution in [2.45, 2.75) is 52.7 Å².